The largest absolute Gasteiger partial charge is 0.504 e. The molecule has 0 amide bonds. The highest BCUT2D eigenvalue weighted by atomic mass is 79.9. The zero-order chi connectivity index (χ0) is 11.8. The van der Waals surface area contributed by atoms with E-state index in [1.54, 1.807) is 12.3 Å². The van der Waals surface area contributed by atoms with E-state index in [2.05, 4.69) is 9.97 Å². The second-order valence-corrected chi connectivity index (χ2v) is 4.42. The first-order valence-corrected chi connectivity index (χ1v) is 5.80. The van der Waals surface area contributed by atoms with Crippen molar-refractivity contribution in [2.24, 2.45) is 0 Å². The van der Waals surface area contributed by atoms with Crippen molar-refractivity contribution in [3.63, 3.8) is 0 Å². The molecule has 3 rings (SSSR count). The fourth-order valence-corrected chi connectivity index (χ4v) is 2.62. The average molecular weight is 311 g/mol. The lowest BCUT2D eigenvalue weighted by Crippen LogP contribution is -2.12. The van der Waals surface area contributed by atoms with Crippen molar-refractivity contribution < 1.29 is 10.2 Å². The molecule has 0 saturated carbocycles. The molecule has 1 atom stereocenters. The zero-order valence-corrected chi connectivity index (χ0v) is 11.5. The summed E-state index contributed by atoms with van der Waals surface area (Å²) in [6, 6.07) is 3.44. The molecule has 96 valence electrons. The van der Waals surface area contributed by atoms with Crippen molar-refractivity contribution in [3.8, 4) is 11.5 Å². The molecule has 3 N–H and O–H groups in total. The number of nitrogens with one attached hydrogen (secondary N) is 1. The maximum atomic E-state index is 9.88. The van der Waals surface area contributed by atoms with E-state index in [0.29, 0.717) is 0 Å². The Morgan fingerprint density at radius 3 is 2.83 bits per heavy atom. The van der Waals surface area contributed by atoms with Crippen LogP contribution in [0.5, 0.6) is 11.5 Å². The Morgan fingerprint density at radius 2 is 2.11 bits per heavy atom. The minimum atomic E-state index is -0.0381. The van der Waals surface area contributed by atoms with Gasteiger partial charge in [0, 0.05) is 23.9 Å². The number of hydrogen-bond acceptors (Lipinski definition) is 3. The molecular formula is C13H15BrN2O2. The third kappa shape index (κ3) is 1.99. The molecule has 1 aromatic carbocycles. The summed E-state index contributed by atoms with van der Waals surface area (Å²) in [6.45, 7) is 0. The smallest absolute Gasteiger partial charge is 0.160 e. The summed E-state index contributed by atoms with van der Waals surface area (Å²) in [5.74, 6) is 1.11. The van der Waals surface area contributed by atoms with Gasteiger partial charge in [-0.25, -0.2) is 4.98 Å². The van der Waals surface area contributed by atoms with E-state index in [0.717, 1.165) is 36.2 Å². The highest BCUT2D eigenvalue weighted by Gasteiger charge is 2.26. The van der Waals surface area contributed by atoms with Gasteiger partial charge in [-0.2, -0.15) is 0 Å². The number of phenols is 2. The molecule has 1 heterocycles. The monoisotopic (exact) mass is 310 g/mol. The van der Waals surface area contributed by atoms with Crippen LogP contribution < -0.4 is 0 Å². The van der Waals surface area contributed by atoms with Gasteiger partial charge in [0.05, 0.1) is 0 Å². The fourth-order valence-electron chi connectivity index (χ4n) is 2.62. The summed E-state index contributed by atoms with van der Waals surface area (Å²) in [4.78, 5) is 7.42. The van der Waals surface area contributed by atoms with Gasteiger partial charge in [0.15, 0.2) is 11.5 Å². The number of H-pyrrole nitrogens is 1. The molecule has 1 aromatic heterocycles. The summed E-state index contributed by atoms with van der Waals surface area (Å²) >= 11 is 0. The number of fused-ring (bicyclic) bond motifs is 1. The van der Waals surface area contributed by atoms with Crippen molar-refractivity contribution in [2.45, 2.75) is 25.2 Å². The van der Waals surface area contributed by atoms with Gasteiger partial charge < -0.3 is 15.2 Å². The second kappa shape index (κ2) is 5.02. The van der Waals surface area contributed by atoms with Gasteiger partial charge in [-0.1, -0.05) is 6.07 Å². The summed E-state index contributed by atoms with van der Waals surface area (Å²) in [5.41, 5.74) is 1.93. The van der Waals surface area contributed by atoms with Gasteiger partial charge in [-0.3, -0.25) is 0 Å². The number of hydrogen-bond donors (Lipinski definition) is 3. The molecule has 1 aliphatic rings. The third-order valence-electron chi connectivity index (χ3n) is 3.44. The molecule has 0 saturated heterocycles. The average Bonchev–Trinajstić information content (AvgIpc) is 2.87. The number of aromatic nitrogens is 2. The molecule has 0 radical (unpaired) electrons. The summed E-state index contributed by atoms with van der Waals surface area (Å²) in [7, 11) is 0. The van der Waals surface area contributed by atoms with Crippen LogP contribution >= 0.6 is 17.0 Å². The van der Waals surface area contributed by atoms with Crippen molar-refractivity contribution in [3.05, 3.63) is 41.5 Å². The second-order valence-electron chi connectivity index (χ2n) is 4.42. The molecule has 5 heteroatoms. The van der Waals surface area contributed by atoms with Gasteiger partial charge >= 0.3 is 0 Å². The van der Waals surface area contributed by atoms with E-state index in [-0.39, 0.29) is 34.4 Å². The number of aromatic hydroxyl groups is 2. The van der Waals surface area contributed by atoms with Crippen LogP contribution in [-0.2, 0) is 6.42 Å². The molecule has 0 bridgehead atoms. The van der Waals surface area contributed by atoms with Crippen LogP contribution in [-0.4, -0.2) is 20.2 Å². The molecule has 18 heavy (non-hydrogen) atoms. The topological polar surface area (TPSA) is 69.1 Å². The van der Waals surface area contributed by atoms with E-state index >= 15 is 0 Å². The Kier molecular flexibility index (Phi) is 3.61. The minimum Gasteiger partial charge on any atom is -0.504 e. The van der Waals surface area contributed by atoms with E-state index in [1.807, 2.05) is 12.3 Å². The lowest BCUT2D eigenvalue weighted by molar-refractivity contribution is 0.394. The van der Waals surface area contributed by atoms with Crippen molar-refractivity contribution >= 4 is 17.0 Å². The van der Waals surface area contributed by atoms with Gasteiger partial charge in [-0.15, -0.1) is 17.0 Å². The van der Waals surface area contributed by atoms with Crippen molar-refractivity contribution in [1.82, 2.24) is 9.97 Å². The maximum absolute atomic E-state index is 9.88. The number of aromatic amines is 1. The van der Waals surface area contributed by atoms with E-state index < -0.39 is 0 Å². The number of halogens is 1. The molecule has 0 spiro atoms. The molecule has 1 aliphatic carbocycles. The van der Waals surface area contributed by atoms with E-state index in [9.17, 15) is 10.2 Å². The number of nitrogens with zero attached hydrogens (tertiary/aromatic N) is 1. The number of imidazole rings is 1. The van der Waals surface area contributed by atoms with Crippen molar-refractivity contribution in [2.75, 3.05) is 0 Å². The van der Waals surface area contributed by atoms with Crippen molar-refractivity contribution in [1.29, 1.82) is 0 Å². The molecular weight excluding hydrogens is 296 g/mol. The normalized spacial score (nSPS) is 17.9. The standard InChI is InChI=1S/C13H14N2O2.BrH/c16-11-5-4-8-9(12(11)17)2-1-3-10(8)13-14-6-7-15-13;/h4-7,10,16-17H,1-3H2,(H,14,15);1H. The number of rotatable bonds is 1. The van der Waals surface area contributed by atoms with Crippen LogP contribution in [0.25, 0.3) is 0 Å². The zero-order valence-electron chi connectivity index (χ0n) is 9.76. The highest BCUT2D eigenvalue weighted by Crippen LogP contribution is 2.42. The molecule has 1 unspecified atom stereocenters. The van der Waals surface area contributed by atoms with Gasteiger partial charge in [0.2, 0.25) is 0 Å². The first-order chi connectivity index (χ1) is 8.27. The van der Waals surface area contributed by atoms with Crippen LogP contribution in [0.1, 0.15) is 35.7 Å². The van der Waals surface area contributed by atoms with Crippen LogP contribution in [0.15, 0.2) is 24.5 Å². The summed E-state index contributed by atoms with van der Waals surface area (Å²) in [6.07, 6.45) is 6.38. The van der Waals surface area contributed by atoms with Gasteiger partial charge in [-0.05, 0) is 30.9 Å². The quantitative estimate of drug-likeness (QED) is 0.709. The van der Waals surface area contributed by atoms with Crippen LogP contribution in [0, 0.1) is 0 Å². The Hall–Kier alpha value is -1.49. The Balaban J connectivity index is 0.00000120. The van der Waals surface area contributed by atoms with Crippen LogP contribution in [0.3, 0.4) is 0 Å². The molecule has 4 nitrogen and oxygen atoms in total. The first-order valence-electron chi connectivity index (χ1n) is 5.80. The molecule has 0 fully saturated rings. The molecule has 2 aromatic rings. The Morgan fingerprint density at radius 1 is 1.28 bits per heavy atom. The summed E-state index contributed by atoms with van der Waals surface area (Å²) in [5, 5.41) is 19.4. The predicted molar refractivity (Wildman–Crippen MR) is 73.5 cm³/mol. The third-order valence-corrected chi connectivity index (χ3v) is 3.44. The van der Waals surface area contributed by atoms with E-state index in [4.69, 9.17) is 0 Å². The Labute approximate surface area is 115 Å². The predicted octanol–water partition coefficient (Wildman–Crippen LogP) is 2.87. The lowest BCUT2D eigenvalue weighted by Gasteiger charge is -2.24. The van der Waals surface area contributed by atoms with Crippen LogP contribution in [0.4, 0.5) is 0 Å². The Bertz CT molecular complexity index is 540. The first kappa shape index (κ1) is 13.0. The molecule has 0 aliphatic heterocycles. The summed E-state index contributed by atoms with van der Waals surface area (Å²) < 4.78 is 0. The SMILES string of the molecule is Br.Oc1ccc2c(c1O)CCCC2c1ncc[nH]1. The minimum absolute atomic E-state index is 0. The van der Waals surface area contributed by atoms with Gasteiger partial charge in [0.1, 0.15) is 5.82 Å². The highest BCUT2D eigenvalue weighted by molar-refractivity contribution is 8.93. The number of benzene rings is 1. The lowest BCUT2D eigenvalue weighted by atomic mass is 9.82. The van der Waals surface area contributed by atoms with Crippen LogP contribution in [0.2, 0.25) is 0 Å². The van der Waals surface area contributed by atoms with Gasteiger partial charge in [0.25, 0.3) is 0 Å². The van der Waals surface area contributed by atoms with E-state index in [1.165, 1.54) is 0 Å². The number of phenolic OH excluding ortho intramolecular Hbond substituents is 2. The maximum Gasteiger partial charge on any atom is 0.160 e. The fraction of sp³-hybridized carbons (Fsp3) is 0.308.